The topological polar surface area (TPSA) is 85.1 Å². The van der Waals surface area contributed by atoms with Gasteiger partial charge in [0.1, 0.15) is 0 Å². The molecule has 0 bridgehead atoms. The smallest absolute Gasteiger partial charge is 0.216 e. The quantitative estimate of drug-likeness (QED) is 0.784. The highest BCUT2D eigenvalue weighted by molar-refractivity contribution is 7.90. The Balaban J connectivity index is 2.76. The van der Waals surface area contributed by atoms with Gasteiger partial charge in [-0.3, -0.25) is 4.98 Å². The van der Waals surface area contributed by atoms with E-state index in [1.165, 1.54) is 0 Å². The van der Waals surface area contributed by atoms with Gasteiger partial charge >= 0.3 is 0 Å². The summed E-state index contributed by atoms with van der Waals surface area (Å²) in [4.78, 5) is 3.88. The number of nitrogens with zero attached hydrogens (tertiary/aromatic N) is 1. The van der Waals surface area contributed by atoms with Crippen LogP contribution in [0.3, 0.4) is 0 Å². The normalized spacial score (nSPS) is 15.7. The van der Waals surface area contributed by atoms with Gasteiger partial charge < -0.3 is 5.73 Å². The van der Waals surface area contributed by atoms with Gasteiger partial charge in [-0.2, -0.15) is 0 Å². The standard InChI is InChI=1S/C10H17N3O2S/c1-8(7-11)16(14,15)13-9(2)10-3-5-12-6-4-10/h3-6,8-9,13H,7,11H2,1-2H3. The second-order valence-corrected chi connectivity index (χ2v) is 5.84. The van der Waals surface area contributed by atoms with Crippen LogP contribution in [-0.2, 0) is 10.0 Å². The molecule has 0 aliphatic heterocycles. The molecule has 90 valence electrons. The third-order valence-electron chi connectivity index (χ3n) is 2.41. The number of nitrogens with two attached hydrogens (primary N) is 1. The highest BCUT2D eigenvalue weighted by atomic mass is 32.2. The third kappa shape index (κ3) is 3.26. The molecule has 0 aliphatic rings. The molecule has 0 spiro atoms. The SMILES string of the molecule is CC(NS(=O)(=O)C(C)CN)c1ccncc1. The Labute approximate surface area is 96.1 Å². The summed E-state index contributed by atoms with van der Waals surface area (Å²) in [7, 11) is -3.35. The van der Waals surface area contributed by atoms with E-state index in [0.717, 1.165) is 5.56 Å². The monoisotopic (exact) mass is 243 g/mol. The van der Waals surface area contributed by atoms with Crippen LogP contribution in [0.5, 0.6) is 0 Å². The van der Waals surface area contributed by atoms with Crippen molar-refractivity contribution in [3.8, 4) is 0 Å². The summed E-state index contributed by atoms with van der Waals surface area (Å²) < 4.78 is 26.1. The van der Waals surface area contributed by atoms with Crippen LogP contribution in [0, 0.1) is 0 Å². The molecule has 0 aromatic carbocycles. The molecule has 16 heavy (non-hydrogen) atoms. The fourth-order valence-electron chi connectivity index (χ4n) is 1.21. The molecule has 0 saturated carbocycles. The molecule has 1 aromatic heterocycles. The fraction of sp³-hybridized carbons (Fsp3) is 0.500. The van der Waals surface area contributed by atoms with E-state index >= 15 is 0 Å². The van der Waals surface area contributed by atoms with Crippen LogP contribution in [0.4, 0.5) is 0 Å². The van der Waals surface area contributed by atoms with Crippen LogP contribution in [0.15, 0.2) is 24.5 Å². The van der Waals surface area contributed by atoms with Crippen molar-refractivity contribution >= 4 is 10.0 Å². The second-order valence-electron chi connectivity index (χ2n) is 3.71. The van der Waals surface area contributed by atoms with E-state index < -0.39 is 15.3 Å². The first-order valence-electron chi connectivity index (χ1n) is 5.08. The fourth-order valence-corrected chi connectivity index (χ4v) is 2.32. The van der Waals surface area contributed by atoms with Crippen molar-refractivity contribution in [3.63, 3.8) is 0 Å². The summed E-state index contributed by atoms with van der Waals surface area (Å²) >= 11 is 0. The summed E-state index contributed by atoms with van der Waals surface area (Å²) in [6.07, 6.45) is 3.26. The average molecular weight is 243 g/mol. The van der Waals surface area contributed by atoms with E-state index in [2.05, 4.69) is 9.71 Å². The van der Waals surface area contributed by atoms with Crippen LogP contribution in [0.2, 0.25) is 0 Å². The highest BCUT2D eigenvalue weighted by Crippen LogP contribution is 2.12. The number of aromatic nitrogens is 1. The van der Waals surface area contributed by atoms with E-state index in [1.54, 1.807) is 38.4 Å². The van der Waals surface area contributed by atoms with Crippen LogP contribution in [0.1, 0.15) is 25.5 Å². The molecular formula is C10H17N3O2S. The Morgan fingerprint density at radius 1 is 1.38 bits per heavy atom. The molecule has 5 nitrogen and oxygen atoms in total. The van der Waals surface area contributed by atoms with Crippen LogP contribution < -0.4 is 10.5 Å². The summed E-state index contributed by atoms with van der Waals surface area (Å²) in [5.41, 5.74) is 6.22. The molecule has 1 aromatic rings. The van der Waals surface area contributed by atoms with Gasteiger partial charge in [-0.15, -0.1) is 0 Å². The molecule has 1 rings (SSSR count). The van der Waals surface area contributed by atoms with Gasteiger partial charge in [0.05, 0.1) is 5.25 Å². The summed E-state index contributed by atoms with van der Waals surface area (Å²) in [6, 6.07) is 3.28. The van der Waals surface area contributed by atoms with Crippen molar-refractivity contribution in [2.45, 2.75) is 25.1 Å². The lowest BCUT2D eigenvalue weighted by molar-refractivity contribution is 0.554. The van der Waals surface area contributed by atoms with E-state index in [0.29, 0.717) is 0 Å². The first-order valence-corrected chi connectivity index (χ1v) is 6.63. The predicted octanol–water partition coefficient (Wildman–Crippen LogP) is 0.409. The number of hydrogen-bond acceptors (Lipinski definition) is 4. The Hall–Kier alpha value is -0.980. The average Bonchev–Trinajstić information content (AvgIpc) is 2.28. The van der Waals surface area contributed by atoms with Crippen molar-refractivity contribution in [3.05, 3.63) is 30.1 Å². The zero-order valence-electron chi connectivity index (χ0n) is 9.42. The lowest BCUT2D eigenvalue weighted by Gasteiger charge is -2.17. The highest BCUT2D eigenvalue weighted by Gasteiger charge is 2.21. The maximum Gasteiger partial charge on any atom is 0.216 e. The zero-order valence-corrected chi connectivity index (χ0v) is 10.2. The first-order chi connectivity index (χ1) is 7.47. The molecule has 0 fully saturated rings. The lowest BCUT2D eigenvalue weighted by atomic mass is 10.1. The number of nitrogens with one attached hydrogen (secondary N) is 1. The van der Waals surface area contributed by atoms with Gasteiger partial charge in [-0.25, -0.2) is 13.1 Å². The summed E-state index contributed by atoms with van der Waals surface area (Å²) in [5.74, 6) is 0. The van der Waals surface area contributed by atoms with Crippen molar-refractivity contribution in [1.82, 2.24) is 9.71 Å². The van der Waals surface area contributed by atoms with E-state index in [4.69, 9.17) is 5.73 Å². The molecule has 1 heterocycles. The number of sulfonamides is 1. The summed E-state index contributed by atoms with van der Waals surface area (Å²) in [6.45, 7) is 3.48. The van der Waals surface area contributed by atoms with Gasteiger partial charge in [-0.1, -0.05) is 0 Å². The minimum absolute atomic E-state index is 0.110. The van der Waals surface area contributed by atoms with Gasteiger partial charge in [0.15, 0.2) is 0 Å². The largest absolute Gasteiger partial charge is 0.329 e. The van der Waals surface area contributed by atoms with Gasteiger partial charge in [0.25, 0.3) is 0 Å². The van der Waals surface area contributed by atoms with E-state index in [1.807, 2.05) is 0 Å². The second kappa shape index (κ2) is 5.38. The predicted molar refractivity (Wildman–Crippen MR) is 63.2 cm³/mol. The number of hydrogen-bond donors (Lipinski definition) is 2. The molecule has 0 saturated heterocycles. The van der Waals surface area contributed by atoms with Gasteiger partial charge in [0.2, 0.25) is 10.0 Å². The van der Waals surface area contributed by atoms with E-state index in [9.17, 15) is 8.42 Å². The Morgan fingerprint density at radius 3 is 2.44 bits per heavy atom. The first kappa shape index (κ1) is 13.1. The Bertz CT molecular complexity index is 419. The third-order valence-corrected chi connectivity index (χ3v) is 4.34. The lowest BCUT2D eigenvalue weighted by Crippen LogP contribution is -2.38. The molecular weight excluding hydrogens is 226 g/mol. The maximum absolute atomic E-state index is 11.7. The number of pyridine rings is 1. The molecule has 2 atom stereocenters. The van der Waals surface area contributed by atoms with Crippen molar-refractivity contribution in [2.24, 2.45) is 5.73 Å². The van der Waals surface area contributed by atoms with Gasteiger partial charge in [0, 0.05) is 25.0 Å². The van der Waals surface area contributed by atoms with Crippen molar-refractivity contribution in [1.29, 1.82) is 0 Å². The molecule has 6 heteroatoms. The van der Waals surface area contributed by atoms with Gasteiger partial charge in [-0.05, 0) is 31.5 Å². The van der Waals surface area contributed by atoms with Crippen LogP contribution in [-0.4, -0.2) is 25.2 Å². The molecule has 0 radical (unpaired) electrons. The maximum atomic E-state index is 11.7. The van der Waals surface area contributed by atoms with Crippen LogP contribution in [0.25, 0.3) is 0 Å². The van der Waals surface area contributed by atoms with E-state index in [-0.39, 0.29) is 12.6 Å². The molecule has 0 amide bonds. The molecule has 3 N–H and O–H groups in total. The Morgan fingerprint density at radius 2 is 1.94 bits per heavy atom. The van der Waals surface area contributed by atoms with Crippen molar-refractivity contribution in [2.75, 3.05) is 6.54 Å². The van der Waals surface area contributed by atoms with Crippen LogP contribution >= 0.6 is 0 Å². The van der Waals surface area contributed by atoms with Crippen molar-refractivity contribution < 1.29 is 8.42 Å². The minimum Gasteiger partial charge on any atom is -0.329 e. The molecule has 2 unspecified atom stereocenters. The Kier molecular flexibility index (Phi) is 4.40. The number of rotatable bonds is 5. The minimum atomic E-state index is -3.35. The zero-order chi connectivity index (χ0) is 12.2. The molecule has 0 aliphatic carbocycles. The summed E-state index contributed by atoms with van der Waals surface area (Å²) in [5, 5.41) is -0.586.